The second-order valence-corrected chi connectivity index (χ2v) is 5.66. The maximum Gasteiger partial charge on any atom is 0.0587 e. The Kier molecular flexibility index (Phi) is 8.56. The molecular formula is C18H31NO. The highest BCUT2D eigenvalue weighted by Crippen LogP contribution is 2.24. The summed E-state index contributed by atoms with van der Waals surface area (Å²) in [6.45, 7) is 9.67. The number of methoxy groups -OCH3 is 1. The van der Waals surface area contributed by atoms with Crippen molar-refractivity contribution < 1.29 is 4.74 Å². The molecule has 0 radical (unpaired) electrons. The van der Waals surface area contributed by atoms with E-state index in [1.54, 1.807) is 7.11 Å². The van der Waals surface area contributed by atoms with Crippen LogP contribution in [0.5, 0.6) is 0 Å². The minimum Gasteiger partial charge on any atom is -0.383 e. The highest BCUT2D eigenvalue weighted by Gasteiger charge is 2.19. The van der Waals surface area contributed by atoms with Gasteiger partial charge < -0.3 is 10.1 Å². The van der Waals surface area contributed by atoms with Gasteiger partial charge in [-0.05, 0) is 42.9 Å². The molecule has 1 unspecified atom stereocenters. The molecule has 0 fully saturated rings. The number of benzene rings is 1. The Morgan fingerprint density at radius 1 is 1.10 bits per heavy atom. The highest BCUT2D eigenvalue weighted by atomic mass is 16.5. The van der Waals surface area contributed by atoms with Gasteiger partial charge in [0.25, 0.3) is 0 Å². The number of nitrogens with one attached hydrogen (secondary N) is 1. The fourth-order valence-electron chi connectivity index (χ4n) is 2.94. The van der Waals surface area contributed by atoms with Crippen LogP contribution in [0.2, 0.25) is 0 Å². The SMILES string of the molecule is CCC(CC)C(CNCCOC)Cc1ccccc1C. The Morgan fingerprint density at radius 2 is 1.80 bits per heavy atom. The number of rotatable bonds is 10. The quantitative estimate of drug-likeness (QED) is 0.656. The van der Waals surface area contributed by atoms with E-state index in [0.29, 0.717) is 5.92 Å². The molecule has 0 aliphatic carbocycles. The average molecular weight is 277 g/mol. The van der Waals surface area contributed by atoms with E-state index >= 15 is 0 Å². The highest BCUT2D eigenvalue weighted by molar-refractivity contribution is 5.26. The van der Waals surface area contributed by atoms with Crippen molar-refractivity contribution in [2.45, 2.75) is 40.0 Å². The molecule has 1 N–H and O–H groups in total. The van der Waals surface area contributed by atoms with E-state index in [2.05, 4.69) is 50.4 Å². The Bertz CT molecular complexity index is 360. The summed E-state index contributed by atoms with van der Waals surface area (Å²) in [7, 11) is 1.76. The molecule has 1 atom stereocenters. The van der Waals surface area contributed by atoms with Gasteiger partial charge in [0.05, 0.1) is 6.61 Å². The summed E-state index contributed by atoms with van der Waals surface area (Å²) in [5.41, 5.74) is 2.92. The van der Waals surface area contributed by atoms with Crippen LogP contribution in [-0.4, -0.2) is 26.8 Å². The van der Waals surface area contributed by atoms with Crippen molar-refractivity contribution in [2.24, 2.45) is 11.8 Å². The largest absolute Gasteiger partial charge is 0.383 e. The van der Waals surface area contributed by atoms with Crippen LogP contribution in [0, 0.1) is 18.8 Å². The van der Waals surface area contributed by atoms with Gasteiger partial charge in [0.1, 0.15) is 0 Å². The molecule has 2 heteroatoms. The van der Waals surface area contributed by atoms with Crippen LogP contribution in [-0.2, 0) is 11.2 Å². The molecule has 0 heterocycles. The minimum atomic E-state index is 0.711. The number of hydrogen-bond donors (Lipinski definition) is 1. The van der Waals surface area contributed by atoms with Gasteiger partial charge in [-0.3, -0.25) is 0 Å². The van der Waals surface area contributed by atoms with Gasteiger partial charge in [-0.25, -0.2) is 0 Å². The molecule has 0 aromatic heterocycles. The van der Waals surface area contributed by atoms with Crippen molar-refractivity contribution in [3.05, 3.63) is 35.4 Å². The lowest BCUT2D eigenvalue weighted by Gasteiger charge is -2.26. The van der Waals surface area contributed by atoms with Gasteiger partial charge in [-0.15, -0.1) is 0 Å². The van der Waals surface area contributed by atoms with Crippen LogP contribution >= 0.6 is 0 Å². The van der Waals surface area contributed by atoms with E-state index in [1.165, 1.54) is 30.4 Å². The molecule has 0 saturated heterocycles. The van der Waals surface area contributed by atoms with Crippen molar-refractivity contribution in [3.8, 4) is 0 Å². The number of aryl methyl sites for hydroxylation is 1. The standard InChI is InChI=1S/C18H31NO/c1-5-16(6-2)18(14-19-11-12-20-4)13-17-10-8-7-9-15(17)3/h7-10,16,18-19H,5-6,11-14H2,1-4H3. The normalized spacial score (nSPS) is 12.8. The predicted molar refractivity (Wildman–Crippen MR) is 87.2 cm³/mol. The average Bonchev–Trinajstić information content (AvgIpc) is 2.46. The zero-order chi connectivity index (χ0) is 14.8. The Balaban J connectivity index is 2.64. The zero-order valence-corrected chi connectivity index (χ0v) is 13.6. The smallest absolute Gasteiger partial charge is 0.0587 e. The van der Waals surface area contributed by atoms with Gasteiger partial charge in [0.2, 0.25) is 0 Å². The topological polar surface area (TPSA) is 21.3 Å². The Hall–Kier alpha value is -0.860. The van der Waals surface area contributed by atoms with E-state index in [-0.39, 0.29) is 0 Å². The minimum absolute atomic E-state index is 0.711. The lowest BCUT2D eigenvalue weighted by atomic mass is 9.82. The van der Waals surface area contributed by atoms with Gasteiger partial charge in [-0.2, -0.15) is 0 Å². The fraction of sp³-hybridized carbons (Fsp3) is 0.667. The first kappa shape index (κ1) is 17.2. The molecule has 1 rings (SSSR count). The molecule has 1 aromatic carbocycles. The van der Waals surface area contributed by atoms with Crippen molar-refractivity contribution in [2.75, 3.05) is 26.8 Å². The van der Waals surface area contributed by atoms with E-state index in [1.807, 2.05) is 0 Å². The maximum absolute atomic E-state index is 5.11. The maximum atomic E-state index is 5.11. The monoisotopic (exact) mass is 277 g/mol. The van der Waals surface area contributed by atoms with Gasteiger partial charge in [0, 0.05) is 13.7 Å². The van der Waals surface area contributed by atoms with Crippen LogP contribution in [0.4, 0.5) is 0 Å². The summed E-state index contributed by atoms with van der Waals surface area (Å²) < 4.78 is 5.11. The molecule has 20 heavy (non-hydrogen) atoms. The van der Waals surface area contributed by atoms with E-state index in [0.717, 1.165) is 25.6 Å². The molecule has 0 aliphatic rings. The lowest BCUT2D eigenvalue weighted by Crippen LogP contribution is -2.31. The van der Waals surface area contributed by atoms with Gasteiger partial charge >= 0.3 is 0 Å². The third-order valence-corrected chi connectivity index (χ3v) is 4.35. The second kappa shape index (κ2) is 9.95. The van der Waals surface area contributed by atoms with Crippen molar-refractivity contribution in [1.29, 1.82) is 0 Å². The first-order valence-corrected chi connectivity index (χ1v) is 7.97. The van der Waals surface area contributed by atoms with Crippen molar-refractivity contribution in [3.63, 3.8) is 0 Å². The number of hydrogen-bond acceptors (Lipinski definition) is 2. The summed E-state index contributed by atoms with van der Waals surface area (Å²) >= 11 is 0. The molecule has 0 bridgehead atoms. The van der Waals surface area contributed by atoms with Crippen LogP contribution in [0.3, 0.4) is 0 Å². The van der Waals surface area contributed by atoms with Gasteiger partial charge in [0.15, 0.2) is 0 Å². The summed E-state index contributed by atoms with van der Waals surface area (Å²) in [5.74, 6) is 1.51. The van der Waals surface area contributed by atoms with Crippen LogP contribution < -0.4 is 5.32 Å². The summed E-state index contributed by atoms with van der Waals surface area (Å²) in [6, 6.07) is 8.78. The zero-order valence-electron chi connectivity index (χ0n) is 13.6. The van der Waals surface area contributed by atoms with E-state index < -0.39 is 0 Å². The first-order chi connectivity index (χ1) is 9.72. The molecule has 114 valence electrons. The third-order valence-electron chi connectivity index (χ3n) is 4.35. The molecule has 0 spiro atoms. The molecule has 2 nitrogen and oxygen atoms in total. The van der Waals surface area contributed by atoms with Crippen molar-refractivity contribution >= 4 is 0 Å². The summed E-state index contributed by atoms with van der Waals surface area (Å²) in [5, 5.41) is 3.55. The summed E-state index contributed by atoms with van der Waals surface area (Å²) in [6.07, 6.45) is 3.71. The van der Waals surface area contributed by atoms with Gasteiger partial charge in [-0.1, -0.05) is 51.0 Å². The summed E-state index contributed by atoms with van der Waals surface area (Å²) in [4.78, 5) is 0. The second-order valence-electron chi connectivity index (χ2n) is 5.66. The van der Waals surface area contributed by atoms with E-state index in [9.17, 15) is 0 Å². The lowest BCUT2D eigenvalue weighted by molar-refractivity contribution is 0.194. The molecule has 1 aromatic rings. The third kappa shape index (κ3) is 5.64. The molecule has 0 saturated carbocycles. The molecule has 0 aliphatic heterocycles. The number of ether oxygens (including phenoxy) is 1. The van der Waals surface area contributed by atoms with E-state index in [4.69, 9.17) is 4.74 Å². The first-order valence-electron chi connectivity index (χ1n) is 7.97. The van der Waals surface area contributed by atoms with Crippen LogP contribution in [0.1, 0.15) is 37.8 Å². The predicted octanol–water partition coefficient (Wildman–Crippen LogP) is 3.83. The van der Waals surface area contributed by atoms with Crippen LogP contribution in [0.15, 0.2) is 24.3 Å². The van der Waals surface area contributed by atoms with Crippen LogP contribution in [0.25, 0.3) is 0 Å². The van der Waals surface area contributed by atoms with Crippen molar-refractivity contribution in [1.82, 2.24) is 5.32 Å². The Morgan fingerprint density at radius 3 is 2.40 bits per heavy atom. The fourth-order valence-corrected chi connectivity index (χ4v) is 2.94. The molecular weight excluding hydrogens is 246 g/mol. The Labute approximate surface area is 124 Å². The molecule has 0 amide bonds.